The molecular formula is C19H13Br4ClI2O. The molecule has 0 amide bonds. The molecule has 0 aliphatic rings. The normalized spacial score (nSPS) is 9.63. The van der Waals surface area contributed by atoms with Gasteiger partial charge in [-0.25, -0.2) is 0 Å². The fourth-order valence-electron chi connectivity index (χ4n) is 1.76. The highest BCUT2D eigenvalue weighted by Gasteiger charge is 1.93. The first-order valence-corrected chi connectivity index (χ1v) is 13.0. The molecule has 0 aromatic heterocycles. The summed E-state index contributed by atoms with van der Waals surface area (Å²) in [5, 5.41) is 9.70. The number of hydrogen-bond donors (Lipinski definition) is 1. The maximum absolute atomic E-state index is 8.96. The first-order chi connectivity index (χ1) is 12.5. The summed E-state index contributed by atoms with van der Waals surface area (Å²) in [5.74, 6) is 0.307. The molecule has 1 nitrogen and oxygen atoms in total. The van der Waals surface area contributed by atoms with Gasteiger partial charge >= 0.3 is 0 Å². The summed E-state index contributed by atoms with van der Waals surface area (Å²) < 4.78 is 6.58. The van der Waals surface area contributed by atoms with Crippen molar-refractivity contribution >= 4 is 121 Å². The number of hydrogen-bond acceptors (Lipinski definition) is 1. The van der Waals surface area contributed by atoms with Gasteiger partial charge in [0, 0.05) is 30.1 Å². The average Bonchev–Trinajstić information content (AvgIpc) is 2.43. The van der Waals surface area contributed by atoms with Crippen LogP contribution in [0.5, 0.6) is 5.75 Å². The van der Waals surface area contributed by atoms with Crippen molar-refractivity contribution in [1.29, 1.82) is 0 Å². The van der Waals surface area contributed by atoms with Crippen molar-refractivity contribution in [2.24, 2.45) is 0 Å². The highest BCUT2D eigenvalue weighted by atomic mass is 127. The van der Waals surface area contributed by atoms with Crippen molar-refractivity contribution in [2.75, 3.05) is 0 Å². The highest BCUT2D eigenvalue weighted by molar-refractivity contribution is 14.1. The molecule has 0 bridgehead atoms. The van der Waals surface area contributed by atoms with E-state index in [1.165, 1.54) is 7.14 Å². The molecule has 8 heteroatoms. The van der Waals surface area contributed by atoms with Crippen molar-refractivity contribution in [3.63, 3.8) is 0 Å². The molecule has 0 aliphatic heterocycles. The second kappa shape index (κ2) is 13.4. The number of rotatable bonds is 0. The van der Waals surface area contributed by atoms with E-state index in [1.807, 2.05) is 31.2 Å². The lowest BCUT2D eigenvalue weighted by Gasteiger charge is -1.94. The van der Waals surface area contributed by atoms with Gasteiger partial charge in [0.15, 0.2) is 0 Å². The number of phenols is 1. The van der Waals surface area contributed by atoms with Crippen LogP contribution in [-0.2, 0) is 0 Å². The van der Waals surface area contributed by atoms with Gasteiger partial charge < -0.3 is 5.11 Å². The third kappa shape index (κ3) is 12.4. The van der Waals surface area contributed by atoms with Crippen LogP contribution >= 0.6 is 121 Å². The predicted octanol–water partition coefficient (Wildman–Crippen LogP) is 9.99. The third-order valence-electron chi connectivity index (χ3n) is 2.68. The summed E-state index contributed by atoms with van der Waals surface area (Å²) in [6, 6.07) is 17.2. The Bertz CT molecular complexity index is 638. The van der Waals surface area contributed by atoms with Crippen LogP contribution in [0.4, 0.5) is 0 Å². The minimum absolute atomic E-state index is 0.307. The van der Waals surface area contributed by atoms with Crippen LogP contribution in [0.1, 0.15) is 5.56 Å². The van der Waals surface area contributed by atoms with E-state index >= 15 is 0 Å². The quantitative estimate of drug-likeness (QED) is 0.223. The van der Waals surface area contributed by atoms with Crippen molar-refractivity contribution in [1.82, 2.24) is 0 Å². The van der Waals surface area contributed by atoms with Gasteiger partial charge in [0.1, 0.15) is 5.75 Å². The number of phenolic OH excluding ortho intramolecular Hbond substituents is 1. The van der Waals surface area contributed by atoms with Crippen LogP contribution < -0.4 is 0 Å². The van der Waals surface area contributed by atoms with E-state index in [0.717, 1.165) is 28.5 Å². The van der Waals surface area contributed by atoms with Crippen molar-refractivity contribution in [2.45, 2.75) is 6.92 Å². The van der Waals surface area contributed by atoms with Crippen LogP contribution in [0, 0.1) is 14.1 Å². The zero-order chi connectivity index (χ0) is 20.6. The van der Waals surface area contributed by atoms with E-state index in [9.17, 15) is 0 Å². The van der Waals surface area contributed by atoms with E-state index in [1.54, 1.807) is 12.1 Å². The Balaban J connectivity index is 0.000000202. The predicted molar refractivity (Wildman–Crippen MR) is 147 cm³/mol. The largest absolute Gasteiger partial charge is 0.508 e. The molecular weight excluding hydrogens is 853 g/mol. The van der Waals surface area contributed by atoms with Gasteiger partial charge in [-0.2, -0.15) is 0 Å². The highest BCUT2D eigenvalue weighted by Crippen LogP contribution is 2.23. The van der Waals surface area contributed by atoms with Gasteiger partial charge in [-0.1, -0.05) is 75.3 Å². The van der Waals surface area contributed by atoms with Gasteiger partial charge in [-0.15, -0.1) is 0 Å². The number of aromatic hydroxyl groups is 1. The molecule has 0 atom stereocenters. The average molecular weight is 866 g/mol. The molecule has 0 spiro atoms. The Labute approximate surface area is 225 Å². The number of benzene rings is 3. The Hall–Kier alpha value is 1.13. The fraction of sp³-hybridized carbons (Fsp3) is 0.0526. The van der Waals surface area contributed by atoms with E-state index in [4.69, 9.17) is 16.7 Å². The maximum atomic E-state index is 8.96. The minimum atomic E-state index is 0.307. The molecule has 0 unspecified atom stereocenters. The van der Waals surface area contributed by atoms with Crippen molar-refractivity contribution < 1.29 is 5.11 Å². The van der Waals surface area contributed by atoms with E-state index in [0.29, 0.717) is 5.75 Å². The van der Waals surface area contributed by atoms with Crippen LogP contribution in [0.2, 0.25) is 5.02 Å². The first-order valence-electron chi connectivity index (χ1n) is 7.24. The van der Waals surface area contributed by atoms with Gasteiger partial charge in [0.05, 0.1) is 0 Å². The molecule has 0 saturated carbocycles. The summed E-state index contributed by atoms with van der Waals surface area (Å²) in [7, 11) is 0. The summed E-state index contributed by atoms with van der Waals surface area (Å²) >= 11 is 23.5. The summed E-state index contributed by atoms with van der Waals surface area (Å²) in [6.45, 7) is 1.94. The van der Waals surface area contributed by atoms with Crippen LogP contribution in [0.3, 0.4) is 0 Å². The number of aryl methyl sites for hydroxylation is 1. The first kappa shape index (κ1) is 26.2. The van der Waals surface area contributed by atoms with Gasteiger partial charge in [-0.05, 0) is 112 Å². The summed E-state index contributed by atoms with van der Waals surface area (Å²) in [6.07, 6.45) is 0. The zero-order valence-electron chi connectivity index (χ0n) is 13.8. The van der Waals surface area contributed by atoms with E-state index in [-0.39, 0.29) is 0 Å². The van der Waals surface area contributed by atoms with Crippen LogP contribution in [0.15, 0.2) is 72.5 Å². The SMILES string of the molecule is Brc1cc(I)cc(I)c1.Cc1cc(O)cc(Br)c1.Clc1cc(Br)cc(Br)c1. The fourth-order valence-corrected chi connectivity index (χ4v) is 7.43. The lowest BCUT2D eigenvalue weighted by Crippen LogP contribution is -1.73. The molecule has 0 saturated heterocycles. The Kier molecular flexibility index (Phi) is 13.0. The van der Waals surface area contributed by atoms with E-state index < -0.39 is 0 Å². The topological polar surface area (TPSA) is 20.2 Å². The Morgan fingerprint density at radius 2 is 1.11 bits per heavy atom. The summed E-state index contributed by atoms with van der Waals surface area (Å²) in [5.41, 5.74) is 1.06. The molecule has 0 fully saturated rings. The molecule has 0 aliphatic carbocycles. The molecule has 3 aromatic carbocycles. The molecule has 0 heterocycles. The standard InChI is InChI=1S/C7H7BrO.C6H3Br2Cl.C6H3BrI2/c1-5-2-6(8)4-7(9)3-5;2*7-4-1-5(8)3-6(9)2-4/h2-4,9H,1H3;2*1-3H. The van der Waals surface area contributed by atoms with Crippen molar-refractivity contribution in [3.8, 4) is 5.75 Å². The smallest absolute Gasteiger partial charge is 0.116 e. The molecule has 0 radical (unpaired) electrons. The van der Waals surface area contributed by atoms with Gasteiger partial charge in [0.25, 0.3) is 0 Å². The second-order valence-corrected chi connectivity index (χ2v) is 11.8. The lowest BCUT2D eigenvalue weighted by atomic mass is 10.2. The second-order valence-electron chi connectivity index (χ2n) is 5.16. The number of halogens is 7. The molecule has 1 N–H and O–H groups in total. The van der Waals surface area contributed by atoms with Gasteiger partial charge in [0.2, 0.25) is 0 Å². The minimum Gasteiger partial charge on any atom is -0.508 e. The van der Waals surface area contributed by atoms with Crippen LogP contribution in [0.25, 0.3) is 0 Å². The van der Waals surface area contributed by atoms with E-state index in [2.05, 4.69) is 127 Å². The zero-order valence-corrected chi connectivity index (χ0v) is 25.2. The molecule has 3 rings (SSSR count). The van der Waals surface area contributed by atoms with Crippen molar-refractivity contribution in [3.05, 3.63) is 90.2 Å². The maximum Gasteiger partial charge on any atom is 0.116 e. The molecule has 3 aromatic rings. The van der Waals surface area contributed by atoms with Crippen LogP contribution in [-0.4, -0.2) is 5.11 Å². The lowest BCUT2D eigenvalue weighted by molar-refractivity contribution is 0.474. The monoisotopic (exact) mass is 862 g/mol. The molecule has 27 heavy (non-hydrogen) atoms. The third-order valence-corrected chi connectivity index (χ3v) is 5.98. The molecule has 144 valence electrons. The summed E-state index contributed by atoms with van der Waals surface area (Å²) in [4.78, 5) is 0. The Morgan fingerprint density at radius 1 is 0.667 bits per heavy atom. The van der Waals surface area contributed by atoms with Gasteiger partial charge in [-0.3, -0.25) is 0 Å². The Morgan fingerprint density at radius 3 is 1.48 bits per heavy atom.